The van der Waals surface area contributed by atoms with Gasteiger partial charge in [-0.3, -0.25) is 24.6 Å². The number of hydrogen-bond donors (Lipinski definition) is 2. The second-order valence-electron chi connectivity index (χ2n) is 20.7. The monoisotopic (exact) mass is 944 g/mol. The average Bonchev–Trinajstić information content (AvgIpc) is 3.70. The molecule has 5 aromatic carbocycles. The molecule has 4 atom stereocenters. The maximum atomic E-state index is 16.0. The van der Waals surface area contributed by atoms with Crippen molar-refractivity contribution in [2.75, 3.05) is 68.7 Å². The Labute approximate surface area is 411 Å². The van der Waals surface area contributed by atoms with Crippen LogP contribution in [-0.2, 0) is 30.5 Å². The van der Waals surface area contributed by atoms with E-state index in [-0.39, 0.29) is 30.4 Å². The molecule has 1 saturated carbocycles. The Morgan fingerprint density at radius 2 is 1.43 bits per heavy atom. The van der Waals surface area contributed by atoms with Crippen molar-refractivity contribution in [3.63, 3.8) is 0 Å². The molecule has 364 valence electrons. The Morgan fingerprint density at radius 3 is 2.13 bits per heavy atom. The molecule has 2 aliphatic carbocycles. The molecular weight excluding hydrogens is 878 g/mol. The van der Waals surface area contributed by atoms with Gasteiger partial charge >= 0.3 is 6.03 Å². The number of aryl methyl sites for hydroxylation is 2. The SMILES string of the molecule is Cn1nc(N2CCC(=O)NC2=O)c2cc(F)c(C3(O)CCN(C[C@@H]4CCCC[C@H]4CN4CCN(c5ccc([C@@H]6c7ccc(OCc8ccccc8)cc7CC[C@@H]6c6ccccc6)cc5)CC4)CC3)cc21. The Hall–Kier alpha value is -6.08. The van der Waals surface area contributed by atoms with E-state index in [2.05, 4.69) is 122 Å². The number of benzene rings is 5. The number of likely N-dealkylation sites (tertiary alicyclic amines) is 1. The zero-order valence-electron chi connectivity index (χ0n) is 40.4. The lowest BCUT2D eigenvalue weighted by molar-refractivity contribution is -0.120. The van der Waals surface area contributed by atoms with E-state index in [0.29, 0.717) is 67.0 Å². The average molecular weight is 944 g/mol. The molecule has 11 nitrogen and oxygen atoms in total. The minimum Gasteiger partial charge on any atom is -0.489 e. The number of piperidine rings is 1. The van der Waals surface area contributed by atoms with Gasteiger partial charge < -0.3 is 19.6 Å². The van der Waals surface area contributed by atoms with Gasteiger partial charge in [-0.2, -0.15) is 5.10 Å². The molecule has 3 saturated heterocycles. The van der Waals surface area contributed by atoms with E-state index in [1.807, 2.05) is 6.07 Å². The Bertz CT molecular complexity index is 2800. The molecule has 3 amide bonds. The summed E-state index contributed by atoms with van der Waals surface area (Å²) in [5.41, 5.74) is 7.67. The standard InChI is InChI=1S/C58H66FN7O4/c1-62-53-36-51(52(59)35-50(53)56(61-62)66-27-24-54(67)60-57(66)68)58(69)25-28-63(29-26-58)37-44-14-8-9-15-45(44)38-64-30-32-65(33-31-64)46-19-16-42(17-20-46)55-48(41-12-6-3-7-13-41)22-18-43-34-47(21-23-49(43)55)70-39-40-10-4-2-5-11-40/h2-7,10-13,16-17,19-21,23,34-36,44-45,48,55,69H,8-9,14-15,18,22,24-33,37-39H2,1H3,(H,60,67,68)/t44-,45-,48+,55-/m0/s1. The summed E-state index contributed by atoms with van der Waals surface area (Å²) in [7, 11) is 1.75. The van der Waals surface area contributed by atoms with Crippen LogP contribution >= 0.6 is 0 Å². The highest BCUT2D eigenvalue weighted by Gasteiger charge is 2.40. The van der Waals surface area contributed by atoms with Gasteiger partial charge in [-0.25, -0.2) is 9.18 Å². The summed E-state index contributed by atoms with van der Waals surface area (Å²) in [6, 6.07) is 40.3. The van der Waals surface area contributed by atoms with Crippen LogP contribution in [-0.4, -0.2) is 95.5 Å². The second kappa shape index (κ2) is 20.0. The summed E-state index contributed by atoms with van der Waals surface area (Å²) < 4.78 is 23.9. The van der Waals surface area contributed by atoms with Crippen LogP contribution in [0.25, 0.3) is 10.9 Å². The summed E-state index contributed by atoms with van der Waals surface area (Å²) >= 11 is 0. The first-order valence-electron chi connectivity index (χ1n) is 25.8. The Kier molecular flexibility index (Phi) is 13.2. The number of amides is 3. The molecule has 11 rings (SSSR count). The first kappa shape index (κ1) is 46.3. The van der Waals surface area contributed by atoms with E-state index in [4.69, 9.17) is 4.74 Å². The predicted octanol–water partition coefficient (Wildman–Crippen LogP) is 9.51. The van der Waals surface area contributed by atoms with Gasteiger partial charge in [0.05, 0.1) is 11.1 Å². The van der Waals surface area contributed by atoms with E-state index >= 15 is 4.39 Å². The fourth-order valence-corrected chi connectivity index (χ4v) is 12.6. The van der Waals surface area contributed by atoms with Crippen molar-refractivity contribution in [1.29, 1.82) is 0 Å². The van der Waals surface area contributed by atoms with E-state index in [0.717, 1.165) is 57.9 Å². The molecule has 70 heavy (non-hydrogen) atoms. The lowest BCUT2D eigenvalue weighted by Gasteiger charge is -2.43. The number of piperazine rings is 1. The molecule has 2 N–H and O–H groups in total. The van der Waals surface area contributed by atoms with Crippen LogP contribution in [0.2, 0.25) is 0 Å². The van der Waals surface area contributed by atoms with Crippen molar-refractivity contribution in [2.45, 2.75) is 81.8 Å². The molecular formula is C58H66FN7O4. The van der Waals surface area contributed by atoms with Crippen molar-refractivity contribution in [1.82, 2.24) is 24.9 Å². The molecule has 0 radical (unpaired) electrons. The molecule has 5 aliphatic rings. The highest BCUT2D eigenvalue weighted by atomic mass is 19.1. The summed E-state index contributed by atoms with van der Waals surface area (Å²) in [5, 5.41) is 19.3. The fraction of sp³-hybridized carbons (Fsp3) is 0.431. The van der Waals surface area contributed by atoms with Crippen molar-refractivity contribution in [2.24, 2.45) is 18.9 Å². The number of imide groups is 1. The van der Waals surface area contributed by atoms with E-state index in [9.17, 15) is 14.7 Å². The van der Waals surface area contributed by atoms with Gasteiger partial charge in [0.1, 0.15) is 18.2 Å². The van der Waals surface area contributed by atoms with Crippen LogP contribution in [0.1, 0.15) is 96.6 Å². The molecule has 0 bridgehead atoms. The van der Waals surface area contributed by atoms with Crippen LogP contribution in [0.15, 0.2) is 115 Å². The van der Waals surface area contributed by atoms with E-state index in [1.54, 1.807) is 17.8 Å². The number of fused-ring (bicyclic) bond motifs is 2. The van der Waals surface area contributed by atoms with Crippen LogP contribution in [0.4, 0.5) is 20.7 Å². The Morgan fingerprint density at radius 1 is 0.743 bits per heavy atom. The lowest BCUT2D eigenvalue weighted by atomic mass is 9.69. The fourth-order valence-electron chi connectivity index (χ4n) is 12.6. The van der Waals surface area contributed by atoms with Gasteiger partial charge in [0, 0.05) is 94.9 Å². The number of nitrogens with one attached hydrogen (secondary N) is 1. The maximum Gasteiger partial charge on any atom is 0.329 e. The number of carbonyl (C=O) groups excluding carboxylic acids is 2. The van der Waals surface area contributed by atoms with Crippen molar-refractivity contribution < 1.29 is 23.8 Å². The molecule has 3 aliphatic heterocycles. The molecule has 1 aromatic heterocycles. The quantitative estimate of drug-likeness (QED) is 0.125. The lowest BCUT2D eigenvalue weighted by Crippen LogP contribution is -2.50. The largest absolute Gasteiger partial charge is 0.489 e. The van der Waals surface area contributed by atoms with Gasteiger partial charge in [-0.1, -0.05) is 91.7 Å². The Balaban J connectivity index is 0.700. The number of ether oxygens (including phenoxy) is 1. The number of urea groups is 1. The number of aliphatic hydroxyl groups is 1. The zero-order chi connectivity index (χ0) is 47.8. The summed E-state index contributed by atoms with van der Waals surface area (Å²) in [6.07, 6.45) is 8.21. The topological polar surface area (TPSA) is 106 Å². The number of anilines is 2. The zero-order valence-corrected chi connectivity index (χ0v) is 40.4. The normalized spacial score (nSPS) is 23.3. The number of hydrogen-bond acceptors (Lipinski definition) is 8. The van der Waals surface area contributed by atoms with Gasteiger partial charge in [0.25, 0.3) is 0 Å². The summed E-state index contributed by atoms with van der Waals surface area (Å²) in [5.74, 6) is 2.33. The van der Waals surface area contributed by atoms with Gasteiger partial charge in [-0.05, 0) is 120 Å². The van der Waals surface area contributed by atoms with Crippen molar-refractivity contribution >= 4 is 34.3 Å². The number of halogens is 1. The molecule has 4 fully saturated rings. The summed E-state index contributed by atoms with van der Waals surface area (Å²) in [6.45, 7) is 8.45. The predicted molar refractivity (Wildman–Crippen MR) is 273 cm³/mol. The van der Waals surface area contributed by atoms with Crippen molar-refractivity contribution in [3.8, 4) is 5.75 Å². The minimum absolute atomic E-state index is 0.151. The highest BCUT2D eigenvalue weighted by molar-refractivity contribution is 6.08. The van der Waals surface area contributed by atoms with Crippen molar-refractivity contribution in [3.05, 3.63) is 154 Å². The first-order valence-corrected chi connectivity index (χ1v) is 25.8. The number of rotatable bonds is 12. The first-order chi connectivity index (χ1) is 34.2. The number of carbonyl (C=O) groups is 2. The second-order valence-corrected chi connectivity index (χ2v) is 20.7. The third kappa shape index (κ3) is 9.57. The molecule has 12 heteroatoms. The third-order valence-corrected chi connectivity index (χ3v) is 16.5. The van der Waals surface area contributed by atoms with Crippen LogP contribution in [0.5, 0.6) is 5.75 Å². The molecule has 0 unspecified atom stereocenters. The smallest absolute Gasteiger partial charge is 0.329 e. The van der Waals surface area contributed by atoms with Gasteiger partial charge in [-0.15, -0.1) is 0 Å². The van der Waals surface area contributed by atoms with Gasteiger partial charge in [0.2, 0.25) is 5.91 Å². The summed E-state index contributed by atoms with van der Waals surface area (Å²) in [4.78, 5) is 33.5. The molecule has 6 aromatic rings. The van der Waals surface area contributed by atoms with Crippen LogP contribution in [0, 0.1) is 17.7 Å². The van der Waals surface area contributed by atoms with E-state index < -0.39 is 17.4 Å². The van der Waals surface area contributed by atoms with Gasteiger partial charge in [0.15, 0.2) is 5.82 Å². The van der Waals surface area contributed by atoms with Crippen LogP contribution < -0.4 is 19.9 Å². The maximum absolute atomic E-state index is 16.0. The third-order valence-electron chi connectivity index (χ3n) is 16.5. The van der Waals surface area contributed by atoms with E-state index in [1.165, 1.54) is 70.2 Å². The number of aromatic nitrogens is 2. The minimum atomic E-state index is -1.30. The van der Waals surface area contributed by atoms with Crippen LogP contribution in [0.3, 0.4) is 0 Å². The molecule has 4 heterocycles. The highest BCUT2D eigenvalue weighted by Crippen LogP contribution is 2.48. The molecule has 0 spiro atoms. The number of nitrogens with zero attached hydrogens (tertiary/aromatic N) is 6.